The van der Waals surface area contributed by atoms with Crippen molar-refractivity contribution in [3.63, 3.8) is 0 Å². The quantitative estimate of drug-likeness (QED) is 0.0504. The molecule has 1 aromatic rings. The van der Waals surface area contributed by atoms with E-state index in [0.717, 1.165) is 5.56 Å². The molecule has 0 fully saturated rings. The number of benzene rings is 1. The third-order valence-corrected chi connectivity index (χ3v) is 9.81. The maximum Gasteiger partial charge on any atom is 0.245 e. The molecule has 0 aliphatic heterocycles. The first-order valence-electron chi connectivity index (χ1n) is 19.7. The summed E-state index contributed by atoms with van der Waals surface area (Å²) >= 11 is 0. The molecule has 0 radical (unpaired) electrons. The summed E-state index contributed by atoms with van der Waals surface area (Å²) in [6.07, 6.45) is 2.07. The summed E-state index contributed by atoms with van der Waals surface area (Å²) in [7, 11) is 0. The molecule has 0 heterocycles. The van der Waals surface area contributed by atoms with Crippen molar-refractivity contribution in [3.8, 4) is 0 Å². The number of carbonyl (C=O) groups excluding carboxylic acids is 7. The summed E-state index contributed by atoms with van der Waals surface area (Å²) in [6.45, 7) is 10.5. The maximum absolute atomic E-state index is 13.9. The molecule has 17 nitrogen and oxygen atoms in total. The second-order valence-corrected chi connectivity index (χ2v) is 14.5. The summed E-state index contributed by atoms with van der Waals surface area (Å²) in [5.74, 6) is -5.41. The Kier molecular flexibility index (Phi) is 23.2. The predicted octanol–water partition coefficient (Wildman–Crippen LogP) is -0.626. The highest BCUT2D eigenvalue weighted by molar-refractivity contribution is 5.97. The van der Waals surface area contributed by atoms with Crippen molar-refractivity contribution in [3.05, 3.63) is 35.9 Å². The van der Waals surface area contributed by atoms with E-state index in [0.29, 0.717) is 51.6 Å². The van der Waals surface area contributed by atoms with Gasteiger partial charge in [-0.1, -0.05) is 70.9 Å². The molecule has 56 heavy (non-hydrogen) atoms. The van der Waals surface area contributed by atoms with Crippen LogP contribution in [0.15, 0.2) is 30.3 Å². The van der Waals surface area contributed by atoms with Crippen molar-refractivity contribution in [1.29, 1.82) is 0 Å². The van der Waals surface area contributed by atoms with Crippen LogP contribution in [0.4, 0.5) is 0 Å². The van der Waals surface area contributed by atoms with Crippen LogP contribution in [-0.4, -0.2) is 102 Å². The van der Waals surface area contributed by atoms with E-state index in [4.69, 9.17) is 17.2 Å². The van der Waals surface area contributed by atoms with Crippen LogP contribution in [-0.2, 0) is 40.0 Å². The number of primary amides is 1. The minimum atomic E-state index is -1.51. The van der Waals surface area contributed by atoms with Crippen molar-refractivity contribution in [1.82, 2.24) is 31.9 Å². The van der Waals surface area contributed by atoms with E-state index >= 15 is 0 Å². The Bertz CT molecular complexity index is 1410. The van der Waals surface area contributed by atoms with Gasteiger partial charge < -0.3 is 54.2 Å². The predicted molar refractivity (Wildman–Crippen MR) is 213 cm³/mol. The van der Waals surface area contributed by atoms with Gasteiger partial charge in [-0.05, 0) is 75.9 Å². The van der Waals surface area contributed by atoms with Crippen LogP contribution in [0.2, 0.25) is 0 Å². The number of unbranched alkanes of at least 4 members (excludes halogenated alkanes) is 2. The Balaban J connectivity index is 3.32. The summed E-state index contributed by atoms with van der Waals surface area (Å²) in [5.41, 5.74) is 17.7. The highest BCUT2D eigenvalue weighted by atomic mass is 16.3. The number of hydrogen-bond acceptors (Lipinski definition) is 10. The zero-order valence-corrected chi connectivity index (χ0v) is 33.9. The molecule has 0 aliphatic carbocycles. The average Bonchev–Trinajstić information content (AvgIpc) is 3.15. The molecule has 316 valence electrons. The molecule has 1 aromatic carbocycles. The zero-order valence-electron chi connectivity index (χ0n) is 33.9. The lowest BCUT2D eigenvalue weighted by molar-refractivity contribution is -0.137. The lowest BCUT2D eigenvalue weighted by Crippen LogP contribution is -2.62. The number of amides is 7. The van der Waals surface area contributed by atoms with E-state index < -0.39 is 89.6 Å². The van der Waals surface area contributed by atoms with Gasteiger partial charge in [0, 0.05) is 13.3 Å². The standard InChI is InChI=1S/C39H67N9O8/c1-7-23(3)31(34(42)51)46-35(52)28(18-12-14-20-40)44-38(55)32(24(4)8-2)47-36(53)29(19-13-15-21-41)45-39(56)33(25(5)49)48-37(54)30(43-26(6)50)22-27-16-10-9-11-17-27/h9-11,16-17,23-25,28-33,49H,7-8,12-15,18-22,40-41H2,1-6H3,(H2,42,51)(H,43,50)(H,44,55)(H,45,56)(H,46,52)(H,47,53)(H,48,54)/t23-,24-,25+,28-,29-,30-,31-,32-,33-/m0/s1. The molecule has 13 N–H and O–H groups in total. The number of nitrogens with one attached hydrogen (secondary N) is 6. The number of hydrogen-bond donors (Lipinski definition) is 10. The highest BCUT2D eigenvalue weighted by Crippen LogP contribution is 2.14. The Hall–Kier alpha value is -4.61. The molecular weight excluding hydrogens is 722 g/mol. The van der Waals surface area contributed by atoms with E-state index in [1.165, 1.54) is 13.8 Å². The molecule has 1 rings (SSSR count). The Morgan fingerprint density at radius 2 is 1.02 bits per heavy atom. The van der Waals surface area contributed by atoms with E-state index in [1.807, 2.05) is 13.8 Å². The van der Waals surface area contributed by atoms with Gasteiger partial charge in [-0.3, -0.25) is 33.6 Å². The fourth-order valence-corrected chi connectivity index (χ4v) is 5.95. The lowest BCUT2D eigenvalue weighted by Gasteiger charge is -2.30. The first kappa shape index (κ1) is 49.4. The Morgan fingerprint density at radius 3 is 1.45 bits per heavy atom. The average molecular weight is 790 g/mol. The molecule has 0 aromatic heterocycles. The van der Waals surface area contributed by atoms with Crippen LogP contribution in [0, 0.1) is 11.8 Å². The minimum Gasteiger partial charge on any atom is -0.391 e. The molecule has 0 saturated heterocycles. The molecule has 7 amide bonds. The lowest BCUT2D eigenvalue weighted by atomic mass is 9.96. The van der Waals surface area contributed by atoms with Gasteiger partial charge in [-0.25, -0.2) is 0 Å². The topological polar surface area (TPSA) is 290 Å². The first-order valence-corrected chi connectivity index (χ1v) is 19.7. The van der Waals surface area contributed by atoms with Crippen LogP contribution >= 0.6 is 0 Å². The van der Waals surface area contributed by atoms with Crippen molar-refractivity contribution in [2.75, 3.05) is 13.1 Å². The van der Waals surface area contributed by atoms with E-state index in [1.54, 1.807) is 44.2 Å². The summed E-state index contributed by atoms with van der Waals surface area (Å²) in [5, 5.41) is 26.5. The van der Waals surface area contributed by atoms with Gasteiger partial charge in [0.1, 0.15) is 36.3 Å². The van der Waals surface area contributed by atoms with E-state index in [9.17, 15) is 38.7 Å². The van der Waals surface area contributed by atoms with Gasteiger partial charge in [0.05, 0.1) is 6.10 Å². The molecule has 0 saturated carbocycles. The van der Waals surface area contributed by atoms with E-state index in [2.05, 4.69) is 31.9 Å². The van der Waals surface area contributed by atoms with Crippen molar-refractivity contribution < 1.29 is 38.7 Å². The van der Waals surface area contributed by atoms with Gasteiger partial charge >= 0.3 is 0 Å². The van der Waals surface area contributed by atoms with Crippen molar-refractivity contribution in [2.24, 2.45) is 29.0 Å². The van der Waals surface area contributed by atoms with Gasteiger partial charge in [0.15, 0.2) is 0 Å². The summed E-state index contributed by atoms with van der Waals surface area (Å²) < 4.78 is 0. The zero-order chi connectivity index (χ0) is 42.4. The number of rotatable bonds is 27. The molecule has 0 unspecified atom stereocenters. The monoisotopic (exact) mass is 790 g/mol. The normalized spacial score (nSPS) is 15.9. The van der Waals surface area contributed by atoms with Gasteiger partial charge in [0.2, 0.25) is 41.4 Å². The number of carbonyl (C=O) groups is 7. The van der Waals surface area contributed by atoms with Crippen LogP contribution < -0.4 is 49.1 Å². The third-order valence-electron chi connectivity index (χ3n) is 9.81. The molecule has 0 bridgehead atoms. The Morgan fingerprint density at radius 1 is 0.589 bits per heavy atom. The highest BCUT2D eigenvalue weighted by Gasteiger charge is 2.36. The van der Waals surface area contributed by atoms with Gasteiger partial charge in [-0.2, -0.15) is 0 Å². The molecule has 9 atom stereocenters. The fraction of sp³-hybridized carbons (Fsp3) is 0.667. The maximum atomic E-state index is 13.9. The molecule has 17 heteroatoms. The van der Waals surface area contributed by atoms with Crippen LogP contribution in [0.25, 0.3) is 0 Å². The van der Waals surface area contributed by atoms with Gasteiger partial charge in [0.25, 0.3) is 0 Å². The molecular formula is C39H67N9O8. The first-order chi connectivity index (χ1) is 26.5. The van der Waals surface area contributed by atoms with E-state index in [-0.39, 0.29) is 25.2 Å². The van der Waals surface area contributed by atoms with Crippen LogP contribution in [0.3, 0.4) is 0 Å². The second kappa shape index (κ2) is 26.3. The number of aliphatic hydroxyl groups is 1. The number of aliphatic hydroxyl groups excluding tert-OH is 1. The van der Waals surface area contributed by atoms with Gasteiger partial charge in [-0.15, -0.1) is 0 Å². The van der Waals surface area contributed by atoms with Crippen molar-refractivity contribution >= 4 is 41.4 Å². The van der Waals surface area contributed by atoms with Crippen LogP contribution in [0.1, 0.15) is 98.5 Å². The summed E-state index contributed by atoms with van der Waals surface area (Å²) in [6, 6.07) is 1.97. The largest absolute Gasteiger partial charge is 0.391 e. The van der Waals surface area contributed by atoms with Crippen molar-refractivity contribution in [2.45, 2.75) is 142 Å². The second-order valence-electron chi connectivity index (χ2n) is 14.5. The Labute approximate surface area is 331 Å². The SMILES string of the molecule is CC[C@H](C)[C@H](NC(=O)[C@H](CCCCN)NC(=O)[C@@H](NC(=O)[C@H](CCCCN)NC(=O)[C@@H](NC(=O)[C@H](Cc1ccccc1)NC(C)=O)[C@@H](C)O)[C@@H](C)CC)C(N)=O. The third kappa shape index (κ3) is 17.5. The molecule has 0 aliphatic rings. The van der Waals surface area contributed by atoms with Crippen LogP contribution in [0.5, 0.6) is 0 Å². The number of nitrogens with two attached hydrogens (primary N) is 3. The molecule has 0 spiro atoms. The fourth-order valence-electron chi connectivity index (χ4n) is 5.95. The minimum absolute atomic E-state index is 0.112. The summed E-state index contributed by atoms with van der Waals surface area (Å²) in [4.78, 5) is 92.5. The smallest absolute Gasteiger partial charge is 0.245 e.